The summed E-state index contributed by atoms with van der Waals surface area (Å²) in [5.41, 5.74) is 4.88. The molecular formula is C20H21O2Si. The van der Waals surface area contributed by atoms with E-state index in [9.17, 15) is 0 Å². The van der Waals surface area contributed by atoms with Gasteiger partial charge in [0.2, 0.25) is 0 Å². The van der Waals surface area contributed by atoms with Gasteiger partial charge < -0.3 is 8.54 Å². The quantitative estimate of drug-likeness (QED) is 0.584. The standard InChI is InChI=1S/C20H21O2Si/c1-14-5-7-15(8-6-14)18-13-19(22-23-21-18)16-9-11-17(12-10-16)20(2,3)4/h5-13H,1-4H3. The molecule has 2 nitrogen and oxygen atoms in total. The molecule has 0 spiro atoms. The fourth-order valence-electron chi connectivity index (χ4n) is 2.43. The van der Waals surface area contributed by atoms with Crippen LogP contribution in [-0.2, 0) is 9.84 Å². The van der Waals surface area contributed by atoms with Gasteiger partial charge in [-0.1, -0.05) is 62.7 Å². The van der Waals surface area contributed by atoms with Crippen LogP contribution in [0.3, 0.4) is 0 Å². The highest BCUT2D eigenvalue weighted by Crippen LogP contribution is 2.24. The fraction of sp³-hybridized carbons (Fsp3) is 0.250. The van der Waals surface area contributed by atoms with Crippen molar-refractivity contribution < 1.29 is 8.54 Å². The number of ketones is 1. The first-order chi connectivity index (χ1) is 10.9. The Morgan fingerprint density at radius 2 is 1.48 bits per heavy atom. The smallest absolute Gasteiger partial charge is 0.424 e. The van der Waals surface area contributed by atoms with Gasteiger partial charge in [0.1, 0.15) is 0 Å². The second-order valence-corrected chi connectivity index (χ2v) is 7.43. The Bertz CT molecular complexity index is 748. The summed E-state index contributed by atoms with van der Waals surface area (Å²) < 4.78 is 11.4. The van der Waals surface area contributed by atoms with Crippen LogP contribution < -0.4 is 0 Å². The Balaban J connectivity index is 1.88. The molecule has 1 heterocycles. The monoisotopic (exact) mass is 321 g/mol. The maximum absolute atomic E-state index is 5.71. The van der Waals surface area contributed by atoms with Gasteiger partial charge in [-0.15, -0.1) is 0 Å². The molecule has 0 N–H and O–H groups in total. The summed E-state index contributed by atoms with van der Waals surface area (Å²) in [4.78, 5) is 0. The topological polar surface area (TPSA) is 20.5 Å². The highest BCUT2D eigenvalue weighted by Gasteiger charge is 2.18. The molecule has 1 radical (unpaired) electrons. The largest absolute Gasteiger partial charge is 0.629 e. The van der Waals surface area contributed by atoms with Crippen LogP contribution in [-0.4, -0.2) is 15.8 Å². The van der Waals surface area contributed by atoms with E-state index in [1.54, 1.807) is 0 Å². The zero-order valence-corrected chi connectivity index (χ0v) is 15.0. The van der Waals surface area contributed by atoms with Crippen LogP contribution in [0.15, 0.2) is 54.6 Å². The van der Waals surface area contributed by atoms with Gasteiger partial charge in [-0.05, 0) is 30.0 Å². The minimum atomic E-state index is -0.00834. The molecule has 23 heavy (non-hydrogen) atoms. The summed E-state index contributed by atoms with van der Waals surface area (Å²) >= 11 is 0. The lowest BCUT2D eigenvalue weighted by atomic mass is 9.86. The summed E-state index contributed by atoms with van der Waals surface area (Å²) in [5, 5.41) is 0. The van der Waals surface area contributed by atoms with Crippen LogP contribution in [0.25, 0.3) is 5.76 Å². The Hall–Kier alpha value is -2.13. The molecule has 0 saturated carbocycles. The van der Waals surface area contributed by atoms with Crippen molar-refractivity contribution in [3.05, 3.63) is 76.9 Å². The van der Waals surface area contributed by atoms with E-state index in [0.29, 0.717) is 0 Å². The first kappa shape index (κ1) is 15.8. The van der Waals surface area contributed by atoms with E-state index < -0.39 is 0 Å². The minimum Gasteiger partial charge on any atom is -0.629 e. The Morgan fingerprint density at radius 1 is 0.870 bits per heavy atom. The lowest BCUT2D eigenvalue weighted by Gasteiger charge is -2.19. The molecule has 0 aliphatic carbocycles. The molecule has 0 aromatic heterocycles. The van der Waals surface area contributed by atoms with Crippen molar-refractivity contribution in [2.75, 3.05) is 0 Å². The van der Waals surface area contributed by atoms with Crippen LogP contribution in [0.4, 0.5) is 0 Å². The zero-order chi connectivity index (χ0) is 16.4. The van der Waals surface area contributed by atoms with Crippen molar-refractivity contribution in [3.8, 4) is 0 Å². The Kier molecular flexibility index (Phi) is 4.22. The van der Waals surface area contributed by atoms with Gasteiger partial charge >= 0.3 is 10.0 Å². The normalized spacial score (nSPS) is 14.4. The molecule has 2 aromatic rings. The summed E-state index contributed by atoms with van der Waals surface area (Å²) in [5.74, 6) is 1.73. The number of aryl methyl sites for hydroxylation is 1. The van der Waals surface area contributed by atoms with E-state index in [0.717, 1.165) is 22.7 Å². The third kappa shape index (κ3) is 3.62. The zero-order valence-electron chi connectivity index (χ0n) is 14.0. The van der Waals surface area contributed by atoms with Crippen LogP contribution in [0.5, 0.6) is 0 Å². The van der Waals surface area contributed by atoms with Crippen LogP contribution >= 0.6 is 0 Å². The molecule has 117 valence electrons. The van der Waals surface area contributed by atoms with Gasteiger partial charge in [0.05, 0.1) is 17.4 Å². The van der Waals surface area contributed by atoms with E-state index in [1.807, 2.05) is 6.08 Å². The third-order valence-electron chi connectivity index (χ3n) is 3.94. The molecule has 0 unspecified atom stereocenters. The first-order valence-corrected chi connectivity index (χ1v) is 8.60. The average Bonchev–Trinajstić information content (AvgIpc) is 2.55. The number of rotatable bonds is 2. The second-order valence-electron chi connectivity index (χ2n) is 6.85. The molecule has 3 rings (SSSR count). The number of benzene rings is 2. The van der Waals surface area contributed by atoms with Gasteiger partial charge in [-0.3, -0.25) is 0 Å². The molecule has 2 aromatic carbocycles. The van der Waals surface area contributed by atoms with Gasteiger partial charge in [-0.25, -0.2) is 0 Å². The van der Waals surface area contributed by atoms with E-state index >= 15 is 0 Å². The number of allylic oxidation sites excluding steroid dienone is 1. The van der Waals surface area contributed by atoms with Gasteiger partial charge in [0.25, 0.3) is 5.78 Å². The molecule has 0 fully saturated rings. The number of hydrogen-bond acceptors (Lipinski definition) is 1. The Labute approximate surface area is 140 Å². The first-order valence-electron chi connectivity index (χ1n) is 7.79. The summed E-state index contributed by atoms with van der Waals surface area (Å²) in [6.45, 7) is 8.74. The molecule has 0 saturated heterocycles. The summed E-state index contributed by atoms with van der Waals surface area (Å²) in [6.07, 6.45) is 1.98. The molecular weight excluding hydrogens is 300 g/mol. The maximum atomic E-state index is 5.71. The van der Waals surface area contributed by atoms with Crippen molar-refractivity contribution in [1.29, 1.82) is 0 Å². The molecule has 0 atom stereocenters. The lowest BCUT2D eigenvalue weighted by molar-refractivity contribution is -0.101. The van der Waals surface area contributed by atoms with Crippen molar-refractivity contribution in [2.45, 2.75) is 33.1 Å². The summed E-state index contributed by atoms with van der Waals surface area (Å²) in [6, 6.07) is 16.9. The minimum absolute atomic E-state index is 0.00834. The van der Waals surface area contributed by atoms with Crippen molar-refractivity contribution >= 4 is 21.5 Å². The predicted octanol–water partition coefficient (Wildman–Crippen LogP) is 4.62. The van der Waals surface area contributed by atoms with E-state index in [2.05, 4.69) is 76.2 Å². The second kappa shape index (κ2) is 6.17. The SMILES string of the molecule is Cc1ccc(C2=CC(c3ccc(C(C)(C)C)cc3)=[O+][Si-]O2)cc1. The van der Waals surface area contributed by atoms with Crippen molar-refractivity contribution in [2.24, 2.45) is 0 Å². The molecule has 1 aliphatic heterocycles. The predicted molar refractivity (Wildman–Crippen MR) is 95.5 cm³/mol. The highest BCUT2D eigenvalue weighted by atomic mass is 28.2. The average molecular weight is 321 g/mol. The van der Waals surface area contributed by atoms with Crippen LogP contribution in [0.2, 0.25) is 0 Å². The van der Waals surface area contributed by atoms with E-state index in [-0.39, 0.29) is 15.4 Å². The maximum Gasteiger partial charge on any atom is 0.424 e. The van der Waals surface area contributed by atoms with Gasteiger partial charge in [0, 0.05) is 5.56 Å². The van der Waals surface area contributed by atoms with E-state index in [4.69, 9.17) is 8.54 Å². The molecule has 0 amide bonds. The van der Waals surface area contributed by atoms with Gasteiger partial charge in [0.15, 0.2) is 0 Å². The van der Waals surface area contributed by atoms with Crippen LogP contribution in [0.1, 0.15) is 47.1 Å². The number of hydrogen-bond donors (Lipinski definition) is 0. The third-order valence-corrected chi connectivity index (χ3v) is 4.54. The molecule has 0 bridgehead atoms. The van der Waals surface area contributed by atoms with Crippen LogP contribution in [0, 0.1) is 6.92 Å². The van der Waals surface area contributed by atoms with Gasteiger partial charge in [-0.2, -0.15) is 0 Å². The Morgan fingerprint density at radius 3 is 2.09 bits per heavy atom. The lowest BCUT2D eigenvalue weighted by Crippen LogP contribution is -2.13. The summed E-state index contributed by atoms with van der Waals surface area (Å²) in [7, 11) is -0.00834. The molecule has 3 heteroatoms. The fourth-order valence-corrected chi connectivity index (χ4v) is 3.00. The van der Waals surface area contributed by atoms with E-state index in [1.165, 1.54) is 11.1 Å². The number of carbonyl (C=O) groups excluding carboxylic acids is 1. The molecule has 1 aliphatic rings. The highest BCUT2D eigenvalue weighted by molar-refractivity contribution is 6.25. The van der Waals surface area contributed by atoms with Crippen molar-refractivity contribution in [1.82, 2.24) is 0 Å². The van der Waals surface area contributed by atoms with Crippen molar-refractivity contribution in [3.63, 3.8) is 0 Å².